The smallest absolute Gasteiger partial charge is 0.290 e. The monoisotopic (exact) mass is 184 g/mol. The molecule has 3 nitrogen and oxygen atoms in total. The molecule has 1 aliphatic rings. The number of aromatic nitrogens is 2. The van der Waals surface area contributed by atoms with E-state index in [1.165, 1.54) is 6.20 Å². The van der Waals surface area contributed by atoms with Crippen molar-refractivity contribution in [2.75, 3.05) is 0 Å². The lowest BCUT2D eigenvalue weighted by Crippen LogP contribution is -2.25. The molecule has 0 radical (unpaired) electrons. The number of pyridine rings is 1. The predicted octanol–water partition coefficient (Wildman–Crippen LogP) is 1.75. The third kappa shape index (κ3) is 0.893. The number of fused-ring (bicyclic) bond motifs is 1. The summed E-state index contributed by atoms with van der Waals surface area (Å²) in [6, 6.07) is 5.66. The molecule has 3 heteroatoms. The van der Waals surface area contributed by atoms with Gasteiger partial charge in [0.2, 0.25) is 0 Å². The second kappa shape index (κ2) is 2.48. The third-order valence-corrected chi connectivity index (χ3v) is 2.41. The van der Waals surface area contributed by atoms with E-state index in [1.54, 1.807) is 6.07 Å². The van der Waals surface area contributed by atoms with Crippen LogP contribution in [0.2, 0.25) is 0 Å². The topological polar surface area (TPSA) is 42.7 Å². The van der Waals surface area contributed by atoms with Crippen LogP contribution in [0, 0.1) is 5.21 Å². The first-order valence-corrected chi connectivity index (χ1v) is 4.44. The van der Waals surface area contributed by atoms with Gasteiger partial charge in [-0.1, -0.05) is 18.2 Å². The molecule has 0 amide bonds. The Morgan fingerprint density at radius 3 is 2.86 bits per heavy atom. The highest BCUT2D eigenvalue weighted by Gasteiger charge is 2.12. The summed E-state index contributed by atoms with van der Waals surface area (Å²) in [6.45, 7) is 0. The largest absolute Gasteiger partial charge is 0.711 e. The molecular weight excluding hydrogens is 176 g/mol. The van der Waals surface area contributed by atoms with E-state index < -0.39 is 0 Å². The molecule has 0 aromatic carbocycles. The number of nitrogens with one attached hydrogen (secondary N) is 1. The van der Waals surface area contributed by atoms with Gasteiger partial charge in [0.15, 0.2) is 0 Å². The lowest BCUT2D eigenvalue weighted by molar-refractivity contribution is -0.579. The SMILES string of the molecule is [O-][n+]1cccc2cc(C3=CC=C3)[nH]c21. The van der Waals surface area contributed by atoms with Gasteiger partial charge in [-0.15, -0.1) is 0 Å². The Hall–Kier alpha value is -2.03. The molecule has 2 heterocycles. The summed E-state index contributed by atoms with van der Waals surface area (Å²) < 4.78 is 0.849. The van der Waals surface area contributed by atoms with Crippen molar-refractivity contribution in [3.63, 3.8) is 0 Å². The van der Waals surface area contributed by atoms with Gasteiger partial charge in [0.25, 0.3) is 5.65 Å². The van der Waals surface area contributed by atoms with Crippen LogP contribution >= 0.6 is 0 Å². The van der Waals surface area contributed by atoms with Gasteiger partial charge >= 0.3 is 0 Å². The number of hydrogen-bond donors (Lipinski definition) is 1. The average molecular weight is 184 g/mol. The molecular formula is C11H8N2O. The van der Waals surface area contributed by atoms with Gasteiger partial charge < -0.3 is 5.21 Å². The second-order valence-corrected chi connectivity index (χ2v) is 3.30. The van der Waals surface area contributed by atoms with Gasteiger partial charge in [-0.25, -0.2) is 9.71 Å². The summed E-state index contributed by atoms with van der Waals surface area (Å²) >= 11 is 0. The summed E-state index contributed by atoms with van der Waals surface area (Å²) in [4.78, 5) is 3.10. The zero-order valence-electron chi connectivity index (χ0n) is 7.40. The molecule has 3 rings (SSSR count). The highest BCUT2D eigenvalue weighted by molar-refractivity contribution is 5.86. The normalized spacial score (nSPS) is 14.1. The fraction of sp³-hybridized carbons (Fsp3) is 0. The van der Waals surface area contributed by atoms with Crippen LogP contribution in [-0.2, 0) is 0 Å². The number of allylic oxidation sites excluding steroid dienone is 4. The number of rotatable bonds is 1. The Morgan fingerprint density at radius 2 is 2.21 bits per heavy atom. The Kier molecular flexibility index (Phi) is 1.31. The van der Waals surface area contributed by atoms with Gasteiger partial charge in [-0.2, -0.15) is 0 Å². The maximum Gasteiger partial charge on any atom is 0.290 e. The minimum absolute atomic E-state index is 0.615. The first kappa shape index (κ1) is 7.38. The summed E-state index contributed by atoms with van der Waals surface area (Å²) in [5.74, 6) is 0. The van der Waals surface area contributed by atoms with E-state index in [4.69, 9.17) is 0 Å². The maximum absolute atomic E-state index is 11.4. The number of aromatic amines is 1. The van der Waals surface area contributed by atoms with E-state index in [-0.39, 0.29) is 0 Å². The highest BCUT2D eigenvalue weighted by atomic mass is 16.5. The summed E-state index contributed by atoms with van der Waals surface area (Å²) in [7, 11) is 0. The number of hydrogen-bond acceptors (Lipinski definition) is 1. The van der Waals surface area contributed by atoms with Crippen molar-refractivity contribution in [1.82, 2.24) is 4.98 Å². The molecule has 0 atom stereocenters. The minimum atomic E-state index is 0.615. The summed E-state index contributed by atoms with van der Waals surface area (Å²) in [6.07, 6.45) is 7.50. The Morgan fingerprint density at radius 1 is 1.36 bits per heavy atom. The third-order valence-electron chi connectivity index (χ3n) is 2.41. The molecule has 1 N–H and O–H groups in total. The molecule has 14 heavy (non-hydrogen) atoms. The van der Waals surface area contributed by atoms with Gasteiger partial charge in [-0.3, -0.25) is 0 Å². The average Bonchev–Trinajstić information content (AvgIpc) is 2.46. The van der Waals surface area contributed by atoms with E-state index in [0.717, 1.165) is 21.4 Å². The van der Waals surface area contributed by atoms with Crippen molar-refractivity contribution in [2.24, 2.45) is 0 Å². The molecule has 1 aliphatic carbocycles. The lowest BCUT2D eigenvalue weighted by Gasteiger charge is -2.01. The van der Waals surface area contributed by atoms with Gasteiger partial charge in [0.05, 0.1) is 11.6 Å². The van der Waals surface area contributed by atoms with Crippen molar-refractivity contribution in [3.8, 4) is 0 Å². The van der Waals surface area contributed by atoms with Crippen molar-refractivity contribution in [3.05, 3.63) is 53.5 Å². The van der Waals surface area contributed by atoms with Crippen molar-refractivity contribution >= 4 is 16.6 Å². The van der Waals surface area contributed by atoms with E-state index in [1.807, 2.05) is 30.4 Å². The van der Waals surface area contributed by atoms with E-state index in [0.29, 0.717) is 5.65 Å². The second-order valence-electron chi connectivity index (χ2n) is 3.30. The Bertz CT molecular complexity index is 564. The number of H-pyrrole nitrogens is 1. The van der Waals surface area contributed by atoms with Gasteiger partial charge in [0, 0.05) is 11.6 Å². The van der Waals surface area contributed by atoms with E-state index in [9.17, 15) is 5.21 Å². The molecule has 2 aromatic rings. The minimum Gasteiger partial charge on any atom is -0.711 e. The predicted molar refractivity (Wildman–Crippen MR) is 54.4 cm³/mol. The molecule has 0 unspecified atom stereocenters. The summed E-state index contributed by atoms with van der Waals surface area (Å²) in [5, 5.41) is 12.3. The Balaban J connectivity index is 2.25. The fourth-order valence-electron chi connectivity index (χ4n) is 1.60. The zero-order chi connectivity index (χ0) is 9.54. The van der Waals surface area contributed by atoms with Crippen LogP contribution in [0.25, 0.3) is 16.6 Å². The van der Waals surface area contributed by atoms with Gasteiger partial charge in [0.1, 0.15) is 5.69 Å². The standard InChI is InChI=1S/C11H8N2O/c14-13-6-2-5-9-7-10(12-11(9)13)8-3-1-4-8/h1-7,12H. The molecule has 0 spiro atoms. The zero-order valence-corrected chi connectivity index (χ0v) is 7.40. The molecule has 0 saturated carbocycles. The van der Waals surface area contributed by atoms with E-state index in [2.05, 4.69) is 4.98 Å². The molecule has 0 aliphatic heterocycles. The van der Waals surface area contributed by atoms with Crippen LogP contribution in [0.4, 0.5) is 0 Å². The maximum atomic E-state index is 11.4. The van der Waals surface area contributed by atoms with Crippen molar-refractivity contribution in [1.29, 1.82) is 0 Å². The van der Waals surface area contributed by atoms with Crippen LogP contribution in [0.15, 0.2) is 42.6 Å². The molecule has 2 aromatic heterocycles. The lowest BCUT2D eigenvalue weighted by atomic mass is 10.1. The molecule has 0 saturated heterocycles. The first-order valence-electron chi connectivity index (χ1n) is 4.44. The quantitative estimate of drug-likeness (QED) is 0.532. The molecule has 0 fully saturated rings. The van der Waals surface area contributed by atoms with Crippen LogP contribution in [0.5, 0.6) is 0 Å². The van der Waals surface area contributed by atoms with Crippen LogP contribution in [-0.4, -0.2) is 4.98 Å². The molecule has 0 bridgehead atoms. The van der Waals surface area contributed by atoms with E-state index >= 15 is 0 Å². The van der Waals surface area contributed by atoms with Crippen LogP contribution in [0.3, 0.4) is 0 Å². The Labute approximate surface area is 80.6 Å². The molecule has 68 valence electrons. The number of nitrogens with zero attached hydrogens (tertiary/aromatic N) is 1. The van der Waals surface area contributed by atoms with Gasteiger partial charge in [-0.05, 0) is 12.1 Å². The van der Waals surface area contributed by atoms with Crippen LogP contribution < -0.4 is 4.73 Å². The summed E-state index contributed by atoms with van der Waals surface area (Å²) in [5.41, 5.74) is 2.75. The highest BCUT2D eigenvalue weighted by Crippen LogP contribution is 2.23. The van der Waals surface area contributed by atoms with Crippen molar-refractivity contribution in [2.45, 2.75) is 0 Å². The van der Waals surface area contributed by atoms with Crippen molar-refractivity contribution < 1.29 is 4.73 Å². The first-order chi connectivity index (χ1) is 6.84. The van der Waals surface area contributed by atoms with Crippen LogP contribution in [0.1, 0.15) is 5.69 Å². The fourth-order valence-corrected chi connectivity index (χ4v) is 1.60.